The van der Waals surface area contributed by atoms with Crippen molar-refractivity contribution in [1.82, 2.24) is 36.0 Å². The van der Waals surface area contributed by atoms with Gasteiger partial charge in [-0.3, -0.25) is 38.7 Å². The van der Waals surface area contributed by atoms with Crippen molar-refractivity contribution < 1.29 is 43.1 Å². The smallest absolute Gasteiger partial charge is 0.328 e. The molecule has 0 bridgehead atoms. The van der Waals surface area contributed by atoms with Crippen LogP contribution < -0.4 is 32.7 Å². The zero-order valence-electron chi connectivity index (χ0n) is 26.4. The highest BCUT2D eigenvalue weighted by atomic mass is 16.5. The van der Waals surface area contributed by atoms with Crippen LogP contribution in [0.4, 0.5) is 4.79 Å². The Hall–Kier alpha value is -4.81. The van der Waals surface area contributed by atoms with Crippen molar-refractivity contribution in [3.8, 4) is 0 Å². The molecule has 0 aromatic heterocycles. The normalized spacial score (nSPS) is 21.6. The van der Waals surface area contributed by atoms with Crippen molar-refractivity contribution in [3.05, 3.63) is 0 Å². The van der Waals surface area contributed by atoms with Crippen LogP contribution >= 0.6 is 0 Å². The number of aliphatic imine (C=N–C) groups is 1. The number of amides is 7. The van der Waals surface area contributed by atoms with E-state index in [1.165, 1.54) is 4.90 Å². The predicted octanol–water partition coefficient (Wildman–Crippen LogP) is -4.25. The molecular weight excluding hydrogens is 620 g/mol. The lowest BCUT2D eigenvalue weighted by molar-refractivity contribution is -0.144. The SMILES string of the molecule is C[C@@H](C(=O)C[C@H](CCCN=C(N)N)C(=O)NC1CCOC1=O)N1CCN(C(=O)[C@H](CNC=O)N2C(=O)N[C@@H](CCNC=O)C2=O)CC1. The fraction of sp³-hybridized carbons (Fsp3) is 0.679. The second-order valence-corrected chi connectivity index (χ2v) is 11.5. The molecule has 0 radical (unpaired) electrons. The second kappa shape index (κ2) is 17.8. The van der Waals surface area contributed by atoms with Gasteiger partial charge < -0.3 is 42.4 Å². The first-order valence-electron chi connectivity index (χ1n) is 15.5. The van der Waals surface area contributed by atoms with Gasteiger partial charge in [0.1, 0.15) is 23.9 Å². The van der Waals surface area contributed by atoms with E-state index in [-0.39, 0.29) is 63.9 Å². The Morgan fingerprint density at radius 3 is 2.40 bits per heavy atom. The molecule has 3 aliphatic heterocycles. The molecule has 260 valence electrons. The summed E-state index contributed by atoms with van der Waals surface area (Å²) in [5.74, 6) is -3.17. The van der Waals surface area contributed by atoms with Gasteiger partial charge in [-0.15, -0.1) is 0 Å². The van der Waals surface area contributed by atoms with Crippen LogP contribution in [-0.4, -0.2) is 146 Å². The number of imide groups is 1. The number of carbonyl (C=O) groups is 8. The van der Waals surface area contributed by atoms with Crippen molar-refractivity contribution in [2.45, 2.75) is 63.2 Å². The molecule has 0 aromatic carbocycles. The lowest BCUT2D eigenvalue weighted by Crippen LogP contribution is -2.60. The Kier molecular flexibility index (Phi) is 13.9. The molecule has 5 atom stereocenters. The number of carbonyl (C=O) groups excluding carboxylic acids is 8. The quantitative estimate of drug-likeness (QED) is 0.0191. The number of guanidine groups is 1. The van der Waals surface area contributed by atoms with Gasteiger partial charge in [-0.05, 0) is 26.2 Å². The third-order valence-corrected chi connectivity index (χ3v) is 8.42. The third kappa shape index (κ3) is 10.1. The van der Waals surface area contributed by atoms with Crippen molar-refractivity contribution in [2.24, 2.45) is 22.4 Å². The number of esters is 1. The molecule has 8 N–H and O–H groups in total. The topological polar surface area (TPSA) is 268 Å². The van der Waals surface area contributed by atoms with Gasteiger partial charge in [-0.25, -0.2) is 14.5 Å². The first-order chi connectivity index (χ1) is 22.5. The van der Waals surface area contributed by atoms with Crippen molar-refractivity contribution in [2.75, 3.05) is 52.4 Å². The molecule has 0 spiro atoms. The zero-order valence-corrected chi connectivity index (χ0v) is 26.4. The maximum absolute atomic E-state index is 13.6. The first-order valence-corrected chi connectivity index (χ1v) is 15.5. The Morgan fingerprint density at radius 2 is 1.79 bits per heavy atom. The third-order valence-electron chi connectivity index (χ3n) is 8.42. The van der Waals surface area contributed by atoms with Crippen LogP contribution in [-0.2, 0) is 38.3 Å². The van der Waals surface area contributed by atoms with E-state index in [0.717, 1.165) is 4.90 Å². The zero-order chi connectivity index (χ0) is 34.5. The largest absolute Gasteiger partial charge is 0.464 e. The standard InChI is InChI=1S/C28H44N10O9/c1-17(22(41)13-18(3-2-6-33-27(29)30)23(42)34-20-5-12-47-26(20)45)36-8-10-37(11-9-36)25(44)21(14-32-16-40)38-24(43)19(35-28(38)46)4-7-31-15-39/h15-21H,2-14H2,1H3,(H,31,39)(H,32,40)(H,34,42)(H,35,46)(H4,29,30,33)/t17-,18-,19-,20?,21-/m0/s1. The van der Waals surface area contributed by atoms with Crippen molar-refractivity contribution in [3.63, 3.8) is 0 Å². The van der Waals surface area contributed by atoms with Gasteiger partial charge in [0.25, 0.3) is 5.91 Å². The van der Waals surface area contributed by atoms with Crippen LogP contribution in [0.25, 0.3) is 0 Å². The Labute approximate surface area is 271 Å². The Bertz CT molecular complexity index is 1220. The highest BCUT2D eigenvalue weighted by Gasteiger charge is 2.46. The van der Waals surface area contributed by atoms with Crippen molar-refractivity contribution in [1.29, 1.82) is 0 Å². The minimum Gasteiger partial charge on any atom is -0.464 e. The van der Waals surface area contributed by atoms with Crippen LogP contribution in [0, 0.1) is 5.92 Å². The van der Waals surface area contributed by atoms with E-state index in [4.69, 9.17) is 16.2 Å². The van der Waals surface area contributed by atoms with Crippen LogP contribution in [0.15, 0.2) is 4.99 Å². The van der Waals surface area contributed by atoms with E-state index in [1.54, 1.807) is 6.92 Å². The number of Topliss-reactive ketones (excluding diaryl/α,β-unsaturated/α-hetero) is 1. The summed E-state index contributed by atoms with van der Waals surface area (Å²) in [6.07, 6.45) is 1.95. The number of rotatable bonds is 19. The molecule has 7 amide bonds. The van der Waals surface area contributed by atoms with Crippen LogP contribution in [0.2, 0.25) is 0 Å². The summed E-state index contributed by atoms with van der Waals surface area (Å²) in [5.41, 5.74) is 10.8. The van der Waals surface area contributed by atoms with E-state index in [9.17, 15) is 38.4 Å². The number of ether oxygens (including phenoxy) is 1. The van der Waals surface area contributed by atoms with Gasteiger partial charge in [-0.1, -0.05) is 0 Å². The number of piperazine rings is 1. The Morgan fingerprint density at radius 1 is 1.09 bits per heavy atom. The molecule has 3 rings (SSSR count). The molecule has 0 aromatic rings. The molecule has 0 aliphatic carbocycles. The van der Waals surface area contributed by atoms with E-state index in [1.807, 2.05) is 4.90 Å². The Balaban J connectivity index is 1.60. The first kappa shape index (κ1) is 36.7. The number of hydrogen-bond acceptors (Lipinski definition) is 11. The number of cyclic esters (lactones) is 1. The molecule has 19 nitrogen and oxygen atoms in total. The molecule has 3 fully saturated rings. The van der Waals surface area contributed by atoms with Gasteiger partial charge in [0.15, 0.2) is 5.96 Å². The highest BCUT2D eigenvalue weighted by Crippen LogP contribution is 2.20. The summed E-state index contributed by atoms with van der Waals surface area (Å²) < 4.78 is 4.92. The summed E-state index contributed by atoms with van der Waals surface area (Å²) in [5, 5.41) is 9.98. The number of nitrogens with one attached hydrogen (secondary N) is 4. The van der Waals surface area contributed by atoms with Gasteiger partial charge in [-0.2, -0.15) is 0 Å². The average Bonchev–Trinajstić information content (AvgIpc) is 3.58. The predicted molar refractivity (Wildman–Crippen MR) is 164 cm³/mol. The number of nitrogens with two attached hydrogens (primary N) is 2. The maximum atomic E-state index is 13.6. The fourth-order valence-corrected chi connectivity index (χ4v) is 5.72. The van der Waals surface area contributed by atoms with Crippen LogP contribution in [0.3, 0.4) is 0 Å². The summed E-state index contributed by atoms with van der Waals surface area (Å²) in [6.45, 7) is 2.98. The van der Waals surface area contributed by atoms with E-state index in [2.05, 4.69) is 26.3 Å². The minimum atomic E-state index is -1.29. The summed E-state index contributed by atoms with van der Waals surface area (Å²) in [4.78, 5) is 107. The molecule has 3 heterocycles. The average molecular weight is 665 g/mol. The monoisotopic (exact) mass is 664 g/mol. The highest BCUT2D eigenvalue weighted by molar-refractivity contribution is 6.07. The minimum absolute atomic E-state index is 0.0866. The molecule has 3 saturated heterocycles. The summed E-state index contributed by atoms with van der Waals surface area (Å²) in [7, 11) is 0. The molecular formula is C28H44N10O9. The molecule has 1 unspecified atom stereocenters. The number of hydrogen-bond donors (Lipinski definition) is 6. The summed E-state index contributed by atoms with van der Waals surface area (Å²) in [6, 6.07) is -4.38. The number of nitrogens with zero attached hydrogens (tertiary/aromatic N) is 4. The van der Waals surface area contributed by atoms with E-state index >= 15 is 0 Å². The fourth-order valence-electron chi connectivity index (χ4n) is 5.72. The number of ketones is 1. The molecule has 47 heavy (non-hydrogen) atoms. The van der Waals surface area contributed by atoms with E-state index in [0.29, 0.717) is 45.2 Å². The molecule has 19 heteroatoms. The lowest BCUT2D eigenvalue weighted by Gasteiger charge is -2.39. The van der Waals surface area contributed by atoms with Crippen molar-refractivity contribution >= 4 is 54.3 Å². The van der Waals surface area contributed by atoms with Crippen LogP contribution in [0.1, 0.15) is 39.0 Å². The van der Waals surface area contributed by atoms with Gasteiger partial charge in [0, 0.05) is 64.6 Å². The molecule has 0 saturated carbocycles. The lowest BCUT2D eigenvalue weighted by atomic mass is 9.92. The van der Waals surface area contributed by atoms with Crippen LogP contribution in [0.5, 0.6) is 0 Å². The second-order valence-electron chi connectivity index (χ2n) is 11.5. The van der Waals surface area contributed by atoms with E-state index < -0.39 is 59.8 Å². The van der Waals surface area contributed by atoms with Gasteiger partial charge >= 0.3 is 12.0 Å². The molecule has 3 aliphatic rings. The maximum Gasteiger partial charge on any atom is 0.328 e. The summed E-state index contributed by atoms with van der Waals surface area (Å²) >= 11 is 0. The van der Waals surface area contributed by atoms with Gasteiger partial charge in [0.05, 0.1) is 12.6 Å². The van der Waals surface area contributed by atoms with Gasteiger partial charge in [0.2, 0.25) is 24.6 Å². The number of urea groups is 1.